The molecule has 0 radical (unpaired) electrons. The van der Waals surface area contributed by atoms with Crippen LogP contribution in [0, 0.1) is 11.3 Å². The Labute approximate surface area is 203 Å². The topological polar surface area (TPSA) is 137 Å². The largest absolute Gasteiger partial charge is 0.369 e. The van der Waals surface area contributed by atoms with Gasteiger partial charge in [0, 0.05) is 24.5 Å². The molecule has 1 heterocycles. The van der Waals surface area contributed by atoms with Crippen molar-refractivity contribution in [2.45, 2.75) is 59.8 Å². The molecule has 2 rings (SSSR count). The Morgan fingerprint density at radius 2 is 1.97 bits per heavy atom. The Morgan fingerprint density at radius 3 is 2.49 bits per heavy atom. The maximum absolute atomic E-state index is 13.2. The second-order valence-corrected chi connectivity index (χ2v) is 8.06. The number of hydrogen-bond donors (Lipinski definition) is 3. The highest BCUT2D eigenvalue weighted by atomic mass is 19.3. The van der Waals surface area contributed by atoms with Gasteiger partial charge in [-0.2, -0.15) is 0 Å². The van der Waals surface area contributed by atoms with Gasteiger partial charge in [0.05, 0.1) is 12.0 Å². The number of allylic oxidation sites excluding steroid dienone is 5. The number of Topliss-reactive ketones (excluding diaryl/α,β-unsaturated/α-hetero) is 1. The first-order chi connectivity index (χ1) is 16.5. The summed E-state index contributed by atoms with van der Waals surface area (Å²) in [6.45, 7) is 9.26. The van der Waals surface area contributed by atoms with E-state index in [1.165, 1.54) is 6.07 Å². The minimum Gasteiger partial charge on any atom is -0.369 e. The number of alkyl halides is 2. The Hall–Kier alpha value is -3.76. The van der Waals surface area contributed by atoms with E-state index in [9.17, 15) is 18.4 Å². The number of halogens is 2. The first-order valence-corrected chi connectivity index (χ1v) is 11.2. The van der Waals surface area contributed by atoms with Crippen LogP contribution >= 0.6 is 0 Å². The van der Waals surface area contributed by atoms with Crippen LogP contribution in [0.15, 0.2) is 52.0 Å². The lowest BCUT2D eigenvalue weighted by Crippen LogP contribution is -2.37. The second-order valence-electron chi connectivity index (χ2n) is 8.06. The molecule has 1 aliphatic rings. The van der Waals surface area contributed by atoms with Gasteiger partial charge in [-0.1, -0.05) is 25.5 Å². The fraction of sp³-hybridized carbons (Fsp3) is 0.417. The summed E-state index contributed by atoms with van der Waals surface area (Å²) in [4.78, 5) is 37.8. The summed E-state index contributed by atoms with van der Waals surface area (Å²) in [5.41, 5.74) is 8.93. The number of nitrogens with two attached hydrogens (primary N) is 1. The standard InChI is InChI=1S/C24H31F2N7O2/c1-6-14(4)16(19(34)8-3)9-15(5)18(7-2)31-23(28)33(12-27)21-10-20(29-13-30-21)32-22(35)17-11-24(17,25)26/h7,9-10,12-13,17,27H,6,8,11H2,1-5H3,(H2,28,31)(H,29,30,32,35)/b15-9-,16-14-,18-7+,27-12?. The number of aliphatic imine (C=N–C) groups is 1. The summed E-state index contributed by atoms with van der Waals surface area (Å²) in [7, 11) is 0. The van der Waals surface area contributed by atoms with Gasteiger partial charge in [-0.25, -0.2) is 23.7 Å². The zero-order valence-electron chi connectivity index (χ0n) is 20.5. The quantitative estimate of drug-likeness (QED) is 0.194. The lowest BCUT2D eigenvalue weighted by Gasteiger charge is -2.18. The van der Waals surface area contributed by atoms with Crippen molar-refractivity contribution < 1.29 is 18.4 Å². The summed E-state index contributed by atoms with van der Waals surface area (Å²) in [6.07, 6.45) is 6.09. The summed E-state index contributed by atoms with van der Waals surface area (Å²) in [6, 6.07) is 1.30. The van der Waals surface area contributed by atoms with Gasteiger partial charge in [0.2, 0.25) is 11.9 Å². The lowest BCUT2D eigenvalue weighted by molar-refractivity contribution is -0.119. The number of amides is 1. The molecule has 11 heteroatoms. The summed E-state index contributed by atoms with van der Waals surface area (Å²) in [5.74, 6) is -5.20. The number of hydrogen-bond acceptors (Lipinski definition) is 6. The van der Waals surface area contributed by atoms with Gasteiger partial charge in [-0.05, 0) is 38.8 Å². The molecule has 4 N–H and O–H groups in total. The average Bonchev–Trinajstić information content (AvgIpc) is 3.48. The Balaban J connectivity index is 2.31. The molecule has 1 saturated carbocycles. The van der Waals surface area contributed by atoms with E-state index in [1.807, 2.05) is 13.8 Å². The maximum Gasteiger partial charge on any atom is 0.260 e. The Morgan fingerprint density at radius 1 is 1.31 bits per heavy atom. The van der Waals surface area contributed by atoms with E-state index < -0.39 is 24.2 Å². The van der Waals surface area contributed by atoms with Crippen molar-refractivity contribution in [2.24, 2.45) is 16.6 Å². The predicted octanol–water partition coefficient (Wildman–Crippen LogP) is 4.35. The van der Waals surface area contributed by atoms with E-state index in [2.05, 4.69) is 20.3 Å². The highest BCUT2D eigenvalue weighted by molar-refractivity contribution is 6.08. The maximum atomic E-state index is 13.2. The zero-order chi connectivity index (χ0) is 26.3. The number of rotatable bonds is 10. The third-order valence-corrected chi connectivity index (χ3v) is 5.55. The van der Waals surface area contributed by atoms with E-state index in [4.69, 9.17) is 11.1 Å². The molecular formula is C24H31F2N7O2. The van der Waals surface area contributed by atoms with Crippen molar-refractivity contribution in [3.8, 4) is 0 Å². The highest BCUT2D eigenvalue weighted by Gasteiger charge is 2.61. The molecule has 0 aromatic carbocycles. The molecule has 0 saturated heterocycles. The molecule has 35 heavy (non-hydrogen) atoms. The molecule has 188 valence electrons. The molecule has 1 fully saturated rings. The minimum atomic E-state index is -3.00. The smallest absolute Gasteiger partial charge is 0.260 e. The van der Waals surface area contributed by atoms with Gasteiger partial charge < -0.3 is 11.1 Å². The van der Waals surface area contributed by atoms with E-state index in [0.717, 1.165) is 29.6 Å². The van der Waals surface area contributed by atoms with Gasteiger partial charge >= 0.3 is 0 Å². The van der Waals surface area contributed by atoms with Gasteiger partial charge in [-0.3, -0.25) is 19.9 Å². The van der Waals surface area contributed by atoms with Crippen molar-refractivity contribution >= 4 is 35.6 Å². The van der Waals surface area contributed by atoms with E-state index in [0.29, 0.717) is 23.3 Å². The number of ketones is 1. The Kier molecular flexibility index (Phi) is 9.10. The fourth-order valence-corrected chi connectivity index (χ4v) is 3.18. The number of anilines is 2. The van der Waals surface area contributed by atoms with Crippen molar-refractivity contribution in [2.75, 3.05) is 10.2 Å². The highest BCUT2D eigenvalue weighted by Crippen LogP contribution is 2.49. The summed E-state index contributed by atoms with van der Waals surface area (Å²) in [5, 5.41) is 10.1. The van der Waals surface area contributed by atoms with Crippen LogP contribution in [-0.2, 0) is 9.59 Å². The number of aromatic nitrogens is 2. The van der Waals surface area contributed by atoms with Crippen LogP contribution in [0.4, 0.5) is 20.4 Å². The number of carbonyl (C=O) groups excluding carboxylic acids is 2. The normalized spacial score (nSPS) is 18.5. The van der Waals surface area contributed by atoms with Crippen molar-refractivity contribution in [1.82, 2.24) is 9.97 Å². The lowest BCUT2D eigenvalue weighted by atomic mass is 9.98. The van der Waals surface area contributed by atoms with Crippen LogP contribution in [-0.4, -0.2) is 39.9 Å². The fourth-order valence-electron chi connectivity index (χ4n) is 3.18. The number of carbonyl (C=O) groups is 2. The number of nitrogens with zero attached hydrogens (tertiary/aromatic N) is 4. The number of nitrogens with one attached hydrogen (secondary N) is 2. The zero-order valence-corrected chi connectivity index (χ0v) is 20.5. The molecule has 0 spiro atoms. The molecule has 0 aliphatic heterocycles. The predicted molar refractivity (Wildman–Crippen MR) is 132 cm³/mol. The second kappa shape index (κ2) is 11.6. The van der Waals surface area contributed by atoms with Crippen LogP contribution in [0.5, 0.6) is 0 Å². The van der Waals surface area contributed by atoms with Crippen molar-refractivity contribution in [3.63, 3.8) is 0 Å². The third kappa shape index (κ3) is 6.87. The summed E-state index contributed by atoms with van der Waals surface area (Å²) >= 11 is 0. The molecular weight excluding hydrogens is 456 g/mol. The van der Waals surface area contributed by atoms with Gasteiger partial charge in [0.25, 0.3) is 5.92 Å². The van der Waals surface area contributed by atoms with Crippen molar-refractivity contribution in [3.05, 3.63) is 47.0 Å². The molecule has 1 unspecified atom stereocenters. The minimum absolute atomic E-state index is 0.00687. The van der Waals surface area contributed by atoms with Gasteiger partial charge in [0.15, 0.2) is 5.78 Å². The van der Waals surface area contributed by atoms with E-state index in [-0.39, 0.29) is 23.4 Å². The number of guanidine groups is 1. The van der Waals surface area contributed by atoms with E-state index >= 15 is 0 Å². The molecule has 1 aromatic heterocycles. The monoisotopic (exact) mass is 487 g/mol. The first-order valence-electron chi connectivity index (χ1n) is 11.2. The van der Waals surface area contributed by atoms with Crippen LogP contribution in [0.25, 0.3) is 0 Å². The molecule has 9 nitrogen and oxygen atoms in total. The van der Waals surface area contributed by atoms with Gasteiger partial charge in [-0.15, -0.1) is 0 Å². The molecule has 0 bridgehead atoms. The average molecular weight is 488 g/mol. The van der Waals surface area contributed by atoms with E-state index in [1.54, 1.807) is 32.9 Å². The molecule has 1 atom stereocenters. The third-order valence-electron chi connectivity index (χ3n) is 5.55. The van der Waals surface area contributed by atoms with Crippen LogP contribution in [0.3, 0.4) is 0 Å². The SMILES string of the molecule is C\C=C(N=C(N)N(C=N)c1cc(NC(=O)C2CC2(F)F)ncn1)/C(C)=C\C(C(=O)CC)=C(/C)CC. The Bertz CT molecular complexity index is 1120. The van der Waals surface area contributed by atoms with Crippen LogP contribution in [0.2, 0.25) is 0 Å². The van der Waals surface area contributed by atoms with Crippen LogP contribution in [0.1, 0.15) is 53.9 Å². The first kappa shape index (κ1) is 27.5. The van der Waals surface area contributed by atoms with Crippen LogP contribution < -0.4 is 16.0 Å². The molecule has 1 aromatic rings. The molecule has 1 amide bonds. The van der Waals surface area contributed by atoms with Crippen molar-refractivity contribution in [1.29, 1.82) is 5.41 Å². The van der Waals surface area contributed by atoms with Gasteiger partial charge in [0.1, 0.15) is 23.9 Å². The summed E-state index contributed by atoms with van der Waals surface area (Å²) < 4.78 is 26.3. The molecule has 1 aliphatic carbocycles.